The van der Waals surface area contributed by atoms with Gasteiger partial charge in [-0.25, -0.2) is 0 Å². The molecule has 0 unspecified atom stereocenters. The molecule has 0 amide bonds. The Bertz CT molecular complexity index is 737. The molecule has 1 N–H and O–H groups in total. The maximum atomic E-state index is 12.2. The van der Waals surface area contributed by atoms with Gasteiger partial charge in [0, 0.05) is 6.08 Å². The molecule has 2 aromatic rings. The van der Waals surface area contributed by atoms with E-state index in [4.69, 9.17) is 4.74 Å². The van der Waals surface area contributed by atoms with Crippen molar-refractivity contribution in [1.29, 1.82) is 0 Å². The van der Waals surface area contributed by atoms with Crippen LogP contribution in [0.4, 0.5) is 0 Å². The predicted octanol–water partition coefficient (Wildman–Crippen LogP) is 3.27. The maximum absolute atomic E-state index is 12.2. The van der Waals surface area contributed by atoms with Crippen LogP contribution in [0.25, 0.3) is 0 Å². The number of Topliss-reactive ketones (excluding diaryl/α,β-unsaturated/α-hetero) is 1. The van der Waals surface area contributed by atoms with Gasteiger partial charge in [0.2, 0.25) is 11.6 Å². The Morgan fingerprint density at radius 1 is 1.13 bits per heavy atom. The van der Waals surface area contributed by atoms with E-state index < -0.39 is 0 Å². The highest BCUT2D eigenvalue weighted by atomic mass is 32.2. The zero-order valence-corrected chi connectivity index (χ0v) is 13.3. The minimum absolute atomic E-state index is 0.126. The molecule has 0 atom stereocenters. The van der Waals surface area contributed by atoms with Crippen LogP contribution in [0.5, 0.6) is 5.75 Å². The van der Waals surface area contributed by atoms with Crippen LogP contribution in [0.15, 0.2) is 47.5 Å². The van der Waals surface area contributed by atoms with Gasteiger partial charge in [-0.05, 0) is 30.7 Å². The fourth-order valence-corrected chi connectivity index (χ4v) is 3.24. The lowest BCUT2D eigenvalue weighted by atomic mass is 10.0. The van der Waals surface area contributed by atoms with Gasteiger partial charge in [0.25, 0.3) is 0 Å². The number of allylic oxidation sites excluding steroid dienone is 2. The summed E-state index contributed by atoms with van der Waals surface area (Å²) in [5.41, 5.74) is 0.656. The number of benzene rings is 1. The summed E-state index contributed by atoms with van der Waals surface area (Å²) in [4.78, 5) is 24.6. The molecule has 1 aromatic heterocycles. The van der Waals surface area contributed by atoms with E-state index in [1.807, 2.05) is 30.3 Å². The molecule has 118 valence electrons. The number of ketones is 2. The van der Waals surface area contributed by atoms with Gasteiger partial charge in [-0.1, -0.05) is 18.2 Å². The molecule has 3 rings (SSSR count). The molecule has 0 radical (unpaired) electrons. The number of aromatic nitrogens is 2. The van der Waals surface area contributed by atoms with E-state index >= 15 is 0 Å². The lowest BCUT2D eigenvalue weighted by Crippen LogP contribution is -2.14. The summed E-state index contributed by atoms with van der Waals surface area (Å²) in [6.07, 6.45) is 4.62. The molecule has 1 aliphatic carbocycles. The van der Waals surface area contributed by atoms with E-state index in [0.717, 1.165) is 24.3 Å². The SMILES string of the molecule is O=C1C(SCCCCOc2ccccc2)=CC(=O)c2[nH]ncc21. The average molecular weight is 328 g/mol. The molecule has 1 aromatic carbocycles. The monoisotopic (exact) mass is 328 g/mol. The summed E-state index contributed by atoms with van der Waals surface area (Å²) < 4.78 is 5.61. The number of unbranched alkanes of at least 4 members (excludes halogenated alkanes) is 1. The van der Waals surface area contributed by atoms with Crippen LogP contribution in [0, 0.1) is 0 Å². The highest BCUT2D eigenvalue weighted by molar-refractivity contribution is 8.04. The van der Waals surface area contributed by atoms with E-state index in [9.17, 15) is 9.59 Å². The second-order valence-corrected chi connectivity index (χ2v) is 6.21. The minimum atomic E-state index is -0.188. The number of thioether (sulfide) groups is 1. The van der Waals surface area contributed by atoms with E-state index in [1.54, 1.807) is 0 Å². The molecule has 0 spiro atoms. The number of nitrogens with one attached hydrogen (secondary N) is 1. The summed E-state index contributed by atoms with van der Waals surface area (Å²) in [5.74, 6) is 1.32. The summed E-state index contributed by atoms with van der Waals surface area (Å²) in [6, 6.07) is 9.68. The number of H-pyrrole nitrogens is 1. The first-order valence-corrected chi connectivity index (χ1v) is 8.39. The van der Waals surface area contributed by atoms with Crippen LogP contribution in [-0.2, 0) is 0 Å². The Labute approximate surface area is 138 Å². The summed E-state index contributed by atoms with van der Waals surface area (Å²) in [6.45, 7) is 0.641. The van der Waals surface area contributed by atoms with Gasteiger partial charge in [-0.3, -0.25) is 14.7 Å². The number of hydrogen-bond acceptors (Lipinski definition) is 5. The standard InChI is InChI=1S/C17H16N2O3S/c20-14-10-15(17(21)13-11-18-19-16(13)14)23-9-5-4-8-22-12-6-2-1-3-7-12/h1-3,6-7,10-11H,4-5,8-9H2,(H,18,19). The Morgan fingerprint density at radius 2 is 1.96 bits per heavy atom. The van der Waals surface area contributed by atoms with Crippen LogP contribution in [0.2, 0.25) is 0 Å². The van der Waals surface area contributed by atoms with E-state index in [-0.39, 0.29) is 17.3 Å². The Kier molecular flexibility index (Phi) is 4.92. The van der Waals surface area contributed by atoms with Gasteiger partial charge in [0.1, 0.15) is 11.4 Å². The van der Waals surface area contributed by atoms with Crippen LogP contribution in [0.3, 0.4) is 0 Å². The summed E-state index contributed by atoms with van der Waals surface area (Å²) in [7, 11) is 0. The van der Waals surface area contributed by atoms with Gasteiger partial charge in [-0.2, -0.15) is 5.10 Å². The van der Waals surface area contributed by atoms with Crippen LogP contribution >= 0.6 is 11.8 Å². The van der Waals surface area contributed by atoms with Crippen molar-refractivity contribution in [3.63, 3.8) is 0 Å². The molecular formula is C17H16N2O3S. The lowest BCUT2D eigenvalue weighted by molar-refractivity contribution is 0.0989. The van der Waals surface area contributed by atoms with E-state index in [1.165, 1.54) is 24.0 Å². The van der Waals surface area contributed by atoms with Gasteiger partial charge in [-0.15, -0.1) is 11.8 Å². The van der Waals surface area contributed by atoms with Crippen molar-refractivity contribution in [2.24, 2.45) is 0 Å². The van der Waals surface area contributed by atoms with Gasteiger partial charge >= 0.3 is 0 Å². The number of nitrogens with zero attached hydrogens (tertiary/aromatic N) is 1. The molecule has 1 aliphatic rings. The Balaban J connectivity index is 1.41. The highest BCUT2D eigenvalue weighted by Crippen LogP contribution is 2.27. The highest BCUT2D eigenvalue weighted by Gasteiger charge is 2.27. The number of aromatic amines is 1. The summed E-state index contributed by atoms with van der Waals surface area (Å²) in [5, 5.41) is 6.33. The second kappa shape index (κ2) is 7.28. The molecule has 0 aliphatic heterocycles. The molecule has 5 nitrogen and oxygen atoms in total. The quantitative estimate of drug-likeness (QED) is 0.790. The first-order valence-electron chi connectivity index (χ1n) is 7.40. The average Bonchev–Trinajstić information content (AvgIpc) is 3.06. The van der Waals surface area contributed by atoms with Gasteiger partial charge < -0.3 is 4.74 Å². The molecule has 23 heavy (non-hydrogen) atoms. The number of fused-ring (bicyclic) bond motifs is 1. The van der Waals surface area contributed by atoms with Crippen LogP contribution in [0.1, 0.15) is 33.7 Å². The number of rotatable bonds is 7. The molecule has 1 heterocycles. The zero-order valence-electron chi connectivity index (χ0n) is 12.5. The number of carbonyl (C=O) groups is 2. The van der Waals surface area contributed by atoms with Crippen LogP contribution in [-0.4, -0.2) is 34.1 Å². The normalized spacial score (nSPS) is 13.7. The van der Waals surface area contributed by atoms with Gasteiger partial charge in [0.15, 0.2) is 0 Å². The van der Waals surface area contributed by atoms with Crippen LogP contribution < -0.4 is 4.74 Å². The molecule has 0 bridgehead atoms. The van der Waals surface area contributed by atoms with Crippen molar-refractivity contribution in [2.45, 2.75) is 12.8 Å². The van der Waals surface area contributed by atoms with Crippen molar-refractivity contribution < 1.29 is 14.3 Å². The largest absolute Gasteiger partial charge is 0.494 e. The Morgan fingerprint density at radius 3 is 2.78 bits per heavy atom. The topological polar surface area (TPSA) is 72.1 Å². The predicted molar refractivity (Wildman–Crippen MR) is 89.0 cm³/mol. The van der Waals surface area contributed by atoms with E-state index in [2.05, 4.69) is 10.2 Å². The van der Waals surface area contributed by atoms with Crippen molar-refractivity contribution in [1.82, 2.24) is 10.2 Å². The fraction of sp³-hybridized carbons (Fsp3) is 0.235. The molecular weight excluding hydrogens is 312 g/mol. The second-order valence-electron chi connectivity index (χ2n) is 5.08. The molecule has 0 saturated carbocycles. The Hall–Kier alpha value is -2.34. The number of ether oxygens (including phenoxy) is 1. The zero-order chi connectivity index (χ0) is 16.1. The molecule has 0 saturated heterocycles. The molecule has 6 heteroatoms. The third-order valence-corrected chi connectivity index (χ3v) is 4.53. The molecule has 0 fully saturated rings. The fourth-order valence-electron chi connectivity index (χ4n) is 2.24. The van der Waals surface area contributed by atoms with E-state index in [0.29, 0.717) is 17.1 Å². The third-order valence-electron chi connectivity index (χ3n) is 3.42. The first kappa shape index (κ1) is 15.6. The van der Waals surface area contributed by atoms with Gasteiger partial charge in [0.05, 0.1) is 23.3 Å². The third kappa shape index (κ3) is 3.71. The smallest absolute Gasteiger partial charge is 0.205 e. The van der Waals surface area contributed by atoms with Crippen molar-refractivity contribution >= 4 is 23.3 Å². The number of hydrogen-bond donors (Lipinski definition) is 1. The lowest BCUT2D eigenvalue weighted by Gasteiger charge is -2.10. The number of para-hydroxylation sites is 1. The summed E-state index contributed by atoms with van der Waals surface area (Å²) >= 11 is 1.42. The minimum Gasteiger partial charge on any atom is -0.494 e. The van der Waals surface area contributed by atoms with Crippen molar-refractivity contribution in [2.75, 3.05) is 12.4 Å². The van der Waals surface area contributed by atoms with Crippen molar-refractivity contribution in [3.05, 3.63) is 58.8 Å². The first-order chi connectivity index (χ1) is 11.3. The maximum Gasteiger partial charge on any atom is 0.205 e. The number of carbonyl (C=O) groups excluding carboxylic acids is 2. The van der Waals surface area contributed by atoms with Crippen molar-refractivity contribution in [3.8, 4) is 5.75 Å².